The van der Waals surface area contributed by atoms with Gasteiger partial charge in [0.1, 0.15) is 12.6 Å². The van der Waals surface area contributed by atoms with Crippen molar-refractivity contribution in [2.45, 2.75) is 38.3 Å². The normalized spacial score (nSPS) is 27.3. The van der Waals surface area contributed by atoms with E-state index in [-0.39, 0.29) is 25.2 Å². The number of rotatable bonds is 4. The number of H-pyrrole nitrogens is 1. The Morgan fingerprint density at radius 1 is 1.48 bits per heavy atom. The number of carbonyl (C=O) groups excluding carboxylic acids is 1. The molecule has 1 aromatic rings. The highest BCUT2D eigenvalue weighted by molar-refractivity contribution is 5.76. The van der Waals surface area contributed by atoms with E-state index in [0.717, 1.165) is 19.4 Å². The summed E-state index contributed by atoms with van der Waals surface area (Å²) in [5.74, 6) is -0.324. The zero-order valence-electron chi connectivity index (χ0n) is 12.7. The smallest absolute Gasteiger partial charge is 0.330 e. The van der Waals surface area contributed by atoms with Gasteiger partial charge in [-0.25, -0.2) is 4.79 Å². The van der Waals surface area contributed by atoms with Gasteiger partial charge in [-0.2, -0.15) is 0 Å². The molecule has 0 radical (unpaired) electrons. The summed E-state index contributed by atoms with van der Waals surface area (Å²) < 4.78 is 17.4. The molecule has 2 fully saturated rings. The van der Waals surface area contributed by atoms with Crippen LogP contribution in [-0.2, 0) is 19.0 Å². The van der Waals surface area contributed by atoms with E-state index in [1.54, 1.807) is 6.92 Å². The number of carbonyl (C=O) groups is 1. The summed E-state index contributed by atoms with van der Waals surface area (Å²) >= 11 is 0. The van der Waals surface area contributed by atoms with E-state index in [9.17, 15) is 14.4 Å². The molecule has 3 atom stereocenters. The molecule has 0 aromatic carbocycles. The third-order valence-corrected chi connectivity index (χ3v) is 3.90. The van der Waals surface area contributed by atoms with Gasteiger partial charge in [-0.15, -0.1) is 0 Å². The molecule has 2 aliphatic heterocycles. The quantitative estimate of drug-likeness (QED) is 0.684. The molecular formula is C14H19N3O6. The predicted molar refractivity (Wildman–Crippen MR) is 77.9 cm³/mol. The highest BCUT2D eigenvalue weighted by atomic mass is 16.7. The second kappa shape index (κ2) is 6.65. The minimum atomic E-state index is -0.732. The molecule has 0 amide bonds. The van der Waals surface area contributed by atoms with Gasteiger partial charge in [-0.05, 0) is 26.3 Å². The van der Waals surface area contributed by atoms with Crippen LogP contribution in [0.4, 0.5) is 0 Å². The maximum absolute atomic E-state index is 11.8. The van der Waals surface area contributed by atoms with Crippen LogP contribution in [0.25, 0.3) is 0 Å². The van der Waals surface area contributed by atoms with E-state index in [1.165, 1.54) is 10.8 Å². The van der Waals surface area contributed by atoms with Crippen LogP contribution in [0.3, 0.4) is 0 Å². The standard InChI is InChI=1S/C14H19N3O6/c1-8-5-17(14(20)16-12(8)18)10-6-21-11(23-10)7-22-13(19)9-3-2-4-15-9/h5,9-11,15H,2-4,6-7H2,1H3,(H,16,18,20)/t9-,10+,11+/m0/s1. The molecule has 126 valence electrons. The largest absolute Gasteiger partial charge is 0.459 e. The molecule has 2 N–H and O–H groups in total. The number of aromatic amines is 1. The fourth-order valence-corrected chi connectivity index (χ4v) is 2.61. The fraction of sp³-hybridized carbons (Fsp3) is 0.643. The third-order valence-electron chi connectivity index (χ3n) is 3.90. The van der Waals surface area contributed by atoms with Gasteiger partial charge in [0, 0.05) is 11.8 Å². The average molecular weight is 325 g/mol. The van der Waals surface area contributed by atoms with Crippen LogP contribution in [0, 0.1) is 6.92 Å². The average Bonchev–Trinajstić information content (AvgIpc) is 3.20. The Kier molecular flexibility index (Phi) is 4.60. The molecule has 0 spiro atoms. The first-order valence-electron chi connectivity index (χ1n) is 7.54. The lowest BCUT2D eigenvalue weighted by Crippen LogP contribution is -2.35. The number of nitrogens with one attached hydrogen (secondary N) is 2. The first kappa shape index (κ1) is 15.9. The van der Waals surface area contributed by atoms with Gasteiger partial charge in [-0.3, -0.25) is 19.1 Å². The van der Waals surface area contributed by atoms with Crippen LogP contribution in [-0.4, -0.2) is 47.6 Å². The second-order valence-electron chi connectivity index (χ2n) is 5.61. The number of nitrogens with zero attached hydrogens (tertiary/aromatic N) is 1. The molecular weight excluding hydrogens is 306 g/mol. The zero-order valence-corrected chi connectivity index (χ0v) is 12.7. The highest BCUT2D eigenvalue weighted by Gasteiger charge is 2.31. The summed E-state index contributed by atoms with van der Waals surface area (Å²) in [4.78, 5) is 37.2. The van der Waals surface area contributed by atoms with Crippen LogP contribution in [0.2, 0.25) is 0 Å². The minimum absolute atomic E-state index is 0.0371. The first-order valence-corrected chi connectivity index (χ1v) is 7.54. The van der Waals surface area contributed by atoms with Gasteiger partial charge < -0.3 is 19.5 Å². The van der Waals surface area contributed by atoms with Crippen molar-refractivity contribution < 1.29 is 19.0 Å². The third kappa shape index (κ3) is 3.52. The van der Waals surface area contributed by atoms with Crippen molar-refractivity contribution in [3.63, 3.8) is 0 Å². The molecule has 0 aliphatic carbocycles. The summed E-state index contributed by atoms with van der Waals surface area (Å²) in [6, 6.07) is -0.267. The van der Waals surface area contributed by atoms with Crippen LogP contribution < -0.4 is 16.6 Å². The second-order valence-corrected chi connectivity index (χ2v) is 5.61. The van der Waals surface area contributed by atoms with Crippen LogP contribution in [0.15, 0.2) is 15.8 Å². The van der Waals surface area contributed by atoms with Crippen LogP contribution in [0.5, 0.6) is 0 Å². The van der Waals surface area contributed by atoms with E-state index in [4.69, 9.17) is 14.2 Å². The summed E-state index contributed by atoms with van der Waals surface area (Å²) in [5.41, 5.74) is -0.600. The van der Waals surface area contributed by atoms with Crippen molar-refractivity contribution in [2.24, 2.45) is 0 Å². The predicted octanol–water partition coefficient (Wildman–Crippen LogP) is -0.988. The summed E-state index contributed by atoms with van der Waals surface area (Å²) in [7, 11) is 0. The number of aryl methyl sites for hydroxylation is 1. The Morgan fingerprint density at radius 2 is 2.30 bits per heavy atom. The van der Waals surface area contributed by atoms with E-state index in [1.807, 2.05) is 0 Å². The molecule has 1 aromatic heterocycles. The number of hydrogen-bond acceptors (Lipinski definition) is 7. The lowest BCUT2D eigenvalue weighted by Gasteiger charge is -2.15. The molecule has 2 aliphatic rings. The maximum atomic E-state index is 11.8. The monoisotopic (exact) mass is 325 g/mol. The van der Waals surface area contributed by atoms with E-state index in [2.05, 4.69) is 10.3 Å². The van der Waals surface area contributed by atoms with Gasteiger partial charge in [0.25, 0.3) is 5.56 Å². The Bertz CT molecular complexity index is 690. The number of esters is 1. The summed E-state index contributed by atoms with van der Waals surface area (Å²) in [5, 5.41) is 3.05. The SMILES string of the molecule is Cc1cn([C@H]2CO[C@@H](COC(=O)[C@@H]3CCCN3)O2)c(=O)[nH]c1=O. The maximum Gasteiger partial charge on any atom is 0.330 e. The minimum Gasteiger partial charge on any atom is -0.459 e. The van der Waals surface area contributed by atoms with Crippen LogP contribution in [0.1, 0.15) is 24.6 Å². The molecule has 23 heavy (non-hydrogen) atoms. The lowest BCUT2D eigenvalue weighted by molar-refractivity contribution is -0.161. The summed E-state index contributed by atoms with van der Waals surface area (Å²) in [6.45, 7) is 2.51. The molecule has 0 bridgehead atoms. The van der Waals surface area contributed by atoms with E-state index < -0.39 is 23.8 Å². The number of aromatic nitrogens is 2. The van der Waals surface area contributed by atoms with Crippen molar-refractivity contribution in [1.29, 1.82) is 0 Å². The molecule has 2 saturated heterocycles. The van der Waals surface area contributed by atoms with Crippen LogP contribution >= 0.6 is 0 Å². The Balaban J connectivity index is 1.56. The Hall–Kier alpha value is -1.97. The first-order chi connectivity index (χ1) is 11.0. The van der Waals surface area contributed by atoms with Crippen molar-refractivity contribution >= 4 is 5.97 Å². The lowest BCUT2D eigenvalue weighted by atomic mass is 10.2. The molecule has 9 heteroatoms. The van der Waals surface area contributed by atoms with Gasteiger partial charge in [0.2, 0.25) is 0 Å². The Morgan fingerprint density at radius 3 is 3.04 bits per heavy atom. The number of ether oxygens (including phenoxy) is 3. The van der Waals surface area contributed by atoms with Gasteiger partial charge in [-0.1, -0.05) is 0 Å². The molecule has 0 saturated carbocycles. The fourth-order valence-electron chi connectivity index (χ4n) is 2.61. The molecule has 0 unspecified atom stereocenters. The zero-order chi connectivity index (χ0) is 16.4. The van der Waals surface area contributed by atoms with E-state index >= 15 is 0 Å². The molecule has 3 heterocycles. The van der Waals surface area contributed by atoms with E-state index in [0.29, 0.717) is 5.56 Å². The highest BCUT2D eigenvalue weighted by Crippen LogP contribution is 2.20. The molecule has 9 nitrogen and oxygen atoms in total. The molecule has 3 rings (SSSR count). The van der Waals surface area contributed by atoms with Crippen molar-refractivity contribution in [2.75, 3.05) is 19.8 Å². The van der Waals surface area contributed by atoms with Gasteiger partial charge in [0.15, 0.2) is 12.5 Å². The van der Waals surface area contributed by atoms with Crippen molar-refractivity contribution in [1.82, 2.24) is 14.9 Å². The summed E-state index contributed by atoms with van der Waals surface area (Å²) in [6.07, 6.45) is 1.74. The topological polar surface area (TPSA) is 112 Å². The van der Waals surface area contributed by atoms with Crippen molar-refractivity contribution in [3.05, 3.63) is 32.6 Å². The Labute approximate surface area is 131 Å². The van der Waals surface area contributed by atoms with Gasteiger partial charge in [0.05, 0.1) is 6.61 Å². The van der Waals surface area contributed by atoms with Gasteiger partial charge >= 0.3 is 11.7 Å². The van der Waals surface area contributed by atoms with Crippen molar-refractivity contribution in [3.8, 4) is 0 Å². The number of hydrogen-bond donors (Lipinski definition) is 2.